The van der Waals surface area contributed by atoms with Crippen LogP contribution in [-0.4, -0.2) is 11.7 Å². The molecule has 0 unspecified atom stereocenters. The number of hydrogen-bond acceptors (Lipinski definition) is 1. The zero-order valence-electron chi connectivity index (χ0n) is 15.1. The molecule has 0 aliphatic rings. The second-order valence-corrected chi connectivity index (χ2v) is 6.69. The highest BCUT2D eigenvalue weighted by molar-refractivity contribution is 5.99. The second kappa shape index (κ2) is 6.33. The van der Waals surface area contributed by atoms with Gasteiger partial charge in [-0.15, -0.1) is 0 Å². The molecule has 0 bridgehead atoms. The zero-order valence-corrected chi connectivity index (χ0v) is 15.1. The molecule has 130 valence electrons. The fourth-order valence-corrected chi connectivity index (χ4v) is 3.73. The normalized spacial score (nSPS) is 11.1. The Morgan fingerprint density at radius 2 is 1.44 bits per heavy atom. The van der Waals surface area contributed by atoms with Gasteiger partial charge in [-0.2, -0.15) is 0 Å². The van der Waals surface area contributed by atoms with E-state index in [1.807, 2.05) is 12.1 Å². The number of aromatic nitrogens is 1. The molecule has 2 nitrogen and oxygen atoms in total. The van der Waals surface area contributed by atoms with Gasteiger partial charge in [0.05, 0.1) is 12.6 Å². The predicted molar refractivity (Wildman–Crippen MR) is 113 cm³/mol. The lowest BCUT2D eigenvalue weighted by atomic mass is 10.0. The Hall–Kier alpha value is -3.52. The molecule has 0 atom stereocenters. The molecule has 0 spiro atoms. The van der Waals surface area contributed by atoms with Crippen molar-refractivity contribution >= 4 is 21.7 Å². The van der Waals surface area contributed by atoms with Gasteiger partial charge >= 0.3 is 0 Å². The fourth-order valence-electron chi connectivity index (χ4n) is 3.73. The first kappa shape index (κ1) is 15.7. The predicted octanol–water partition coefficient (Wildman–Crippen LogP) is 6.46. The van der Waals surface area contributed by atoms with Gasteiger partial charge in [-0.1, -0.05) is 54.6 Å². The Bertz CT molecular complexity index is 1250. The Balaban J connectivity index is 1.72. The van der Waals surface area contributed by atoms with Gasteiger partial charge in [0.15, 0.2) is 0 Å². The van der Waals surface area contributed by atoms with Gasteiger partial charge in [-0.3, -0.25) is 0 Å². The molecule has 0 fully saturated rings. The van der Waals surface area contributed by atoms with Crippen LogP contribution in [0.4, 0.5) is 0 Å². The molecular weight excluding hydrogens is 330 g/mol. The molecule has 0 N–H and O–H groups in total. The maximum Gasteiger partial charge on any atom is 0.119 e. The van der Waals surface area contributed by atoms with E-state index < -0.39 is 0 Å². The van der Waals surface area contributed by atoms with Crippen molar-refractivity contribution < 1.29 is 4.74 Å². The van der Waals surface area contributed by atoms with Crippen molar-refractivity contribution in [3.63, 3.8) is 0 Å². The minimum Gasteiger partial charge on any atom is -0.497 e. The zero-order chi connectivity index (χ0) is 18.2. The molecule has 0 radical (unpaired) electrons. The number of para-hydroxylation sites is 2. The summed E-state index contributed by atoms with van der Waals surface area (Å²) in [5.74, 6) is 0.885. The van der Waals surface area contributed by atoms with Crippen molar-refractivity contribution in [1.29, 1.82) is 0 Å². The molecule has 0 saturated carbocycles. The van der Waals surface area contributed by atoms with E-state index in [0.29, 0.717) is 0 Å². The van der Waals surface area contributed by atoms with E-state index in [1.165, 1.54) is 38.5 Å². The molecule has 1 aromatic heterocycles. The van der Waals surface area contributed by atoms with Gasteiger partial charge in [0.2, 0.25) is 0 Å². The summed E-state index contributed by atoms with van der Waals surface area (Å²) in [4.78, 5) is 0. The molecule has 0 aliphatic carbocycles. The molecule has 5 aromatic rings. The van der Waals surface area contributed by atoms with Crippen LogP contribution in [0.3, 0.4) is 0 Å². The quantitative estimate of drug-likeness (QED) is 0.364. The average molecular weight is 349 g/mol. The first-order valence-corrected chi connectivity index (χ1v) is 9.07. The number of rotatable bonds is 3. The third-order valence-corrected chi connectivity index (χ3v) is 5.10. The van der Waals surface area contributed by atoms with Gasteiger partial charge in [-0.25, -0.2) is 0 Å². The summed E-state index contributed by atoms with van der Waals surface area (Å²) in [6.07, 6.45) is 2.24. The van der Waals surface area contributed by atoms with Crippen LogP contribution in [0.25, 0.3) is 38.5 Å². The van der Waals surface area contributed by atoms with Crippen molar-refractivity contribution in [3.05, 3.63) is 97.2 Å². The number of fused-ring (bicyclic) bond motifs is 2. The summed E-state index contributed by atoms with van der Waals surface area (Å²) in [5.41, 5.74) is 4.85. The van der Waals surface area contributed by atoms with E-state index in [1.54, 1.807) is 7.11 Å². The van der Waals surface area contributed by atoms with Gasteiger partial charge < -0.3 is 9.30 Å². The highest BCUT2D eigenvalue weighted by Crippen LogP contribution is 2.34. The summed E-state index contributed by atoms with van der Waals surface area (Å²) < 4.78 is 7.61. The first-order valence-electron chi connectivity index (χ1n) is 9.07. The number of hydrogen-bond donors (Lipinski definition) is 0. The molecule has 5 rings (SSSR count). The minimum atomic E-state index is 0.885. The maximum atomic E-state index is 5.34. The van der Waals surface area contributed by atoms with Crippen LogP contribution in [0.2, 0.25) is 0 Å². The molecular formula is C25H19NO. The lowest BCUT2D eigenvalue weighted by molar-refractivity contribution is 0.415. The molecule has 4 aromatic carbocycles. The van der Waals surface area contributed by atoms with Gasteiger partial charge in [0, 0.05) is 22.8 Å². The molecule has 2 heteroatoms. The summed E-state index contributed by atoms with van der Waals surface area (Å²) in [6, 6.07) is 31.9. The second-order valence-electron chi connectivity index (χ2n) is 6.69. The summed E-state index contributed by atoms with van der Waals surface area (Å²) in [6.45, 7) is 0. The molecule has 0 saturated heterocycles. The third kappa shape index (κ3) is 2.67. The first-order chi connectivity index (χ1) is 13.3. The van der Waals surface area contributed by atoms with Gasteiger partial charge in [-0.05, 0) is 52.7 Å². The highest BCUT2D eigenvalue weighted by Gasteiger charge is 2.11. The van der Waals surface area contributed by atoms with Crippen LogP contribution < -0.4 is 4.74 Å². The maximum absolute atomic E-state index is 5.34. The third-order valence-electron chi connectivity index (χ3n) is 5.10. The van der Waals surface area contributed by atoms with Crippen LogP contribution >= 0.6 is 0 Å². The van der Waals surface area contributed by atoms with Crippen molar-refractivity contribution in [3.8, 4) is 22.6 Å². The van der Waals surface area contributed by atoms with Crippen LogP contribution in [0.5, 0.6) is 5.75 Å². The van der Waals surface area contributed by atoms with E-state index in [-0.39, 0.29) is 0 Å². The summed E-state index contributed by atoms with van der Waals surface area (Å²) in [7, 11) is 1.70. The molecule has 27 heavy (non-hydrogen) atoms. The Morgan fingerprint density at radius 3 is 2.30 bits per heavy atom. The lowest BCUT2D eigenvalue weighted by Gasteiger charge is -2.05. The Morgan fingerprint density at radius 1 is 0.704 bits per heavy atom. The molecule has 1 heterocycles. The summed E-state index contributed by atoms with van der Waals surface area (Å²) in [5, 5.41) is 3.66. The number of benzene rings is 4. The lowest BCUT2D eigenvalue weighted by Crippen LogP contribution is -1.90. The minimum absolute atomic E-state index is 0.885. The van der Waals surface area contributed by atoms with Crippen LogP contribution in [0.15, 0.2) is 97.2 Å². The largest absolute Gasteiger partial charge is 0.497 e. The van der Waals surface area contributed by atoms with Crippen LogP contribution in [0, 0.1) is 0 Å². The van der Waals surface area contributed by atoms with E-state index in [9.17, 15) is 0 Å². The average Bonchev–Trinajstić information content (AvgIpc) is 3.13. The van der Waals surface area contributed by atoms with Crippen molar-refractivity contribution in [1.82, 2.24) is 4.57 Å². The number of nitrogens with zero attached hydrogens (tertiary/aromatic N) is 1. The standard InChI is InChI=1S/C25H19NO/c1-27-22-14-13-18-15-20(12-11-19(18)16-22)24-17-26(21-7-3-2-4-8-21)25-10-6-5-9-23(24)25/h2-17H,1H3. The SMILES string of the molecule is COc1ccc2cc(-c3cn(-c4ccccc4)c4ccccc34)ccc2c1. The smallest absolute Gasteiger partial charge is 0.119 e. The van der Waals surface area contributed by atoms with E-state index >= 15 is 0 Å². The van der Waals surface area contributed by atoms with Crippen molar-refractivity contribution in [2.75, 3.05) is 7.11 Å². The van der Waals surface area contributed by atoms with E-state index in [2.05, 4.69) is 89.6 Å². The van der Waals surface area contributed by atoms with E-state index in [0.717, 1.165) is 5.75 Å². The van der Waals surface area contributed by atoms with E-state index in [4.69, 9.17) is 4.74 Å². The summed E-state index contributed by atoms with van der Waals surface area (Å²) >= 11 is 0. The number of ether oxygens (including phenoxy) is 1. The van der Waals surface area contributed by atoms with Crippen LogP contribution in [0.1, 0.15) is 0 Å². The molecule has 0 amide bonds. The van der Waals surface area contributed by atoms with Crippen molar-refractivity contribution in [2.24, 2.45) is 0 Å². The Labute approximate surface area is 158 Å². The van der Waals surface area contributed by atoms with Gasteiger partial charge in [0.1, 0.15) is 5.75 Å². The molecule has 0 aliphatic heterocycles. The fraction of sp³-hybridized carbons (Fsp3) is 0.0400. The monoisotopic (exact) mass is 349 g/mol. The Kier molecular flexibility index (Phi) is 3.68. The van der Waals surface area contributed by atoms with Crippen LogP contribution in [-0.2, 0) is 0 Å². The topological polar surface area (TPSA) is 14.2 Å². The number of methoxy groups -OCH3 is 1. The highest BCUT2D eigenvalue weighted by atomic mass is 16.5. The van der Waals surface area contributed by atoms with Gasteiger partial charge in [0.25, 0.3) is 0 Å². The van der Waals surface area contributed by atoms with Crippen molar-refractivity contribution in [2.45, 2.75) is 0 Å².